The Kier molecular flexibility index (Phi) is 4.26. The van der Waals surface area contributed by atoms with Crippen molar-refractivity contribution in [3.63, 3.8) is 0 Å². The summed E-state index contributed by atoms with van der Waals surface area (Å²) in [5.74, 6) is -2.19. The average molecular weight is 476 g/mol. The van der Waals surface area contributed by atoms with Crippen LogP contribution in [0.1, 0.15) is 31.1 Å². The second-order valence-corrected chi connectivity index (χ2v) is 10.5. The summed E-state index contributed by atoms with van der Waals surface area (Å²) < 4.78 is 72.1. The molecule has 0 unspecified atom stereocenters. The number of hydrogen-bond donors (Lipinski definition) is 1. The zero-order valence-electron chi connectivity index (χ0n) is 18.3. The van der Waals surface area contributed by atoms with Gasteiger partial charge < -0.3 is 5.32 Å². The van der Waals surface area contributed by atoms with Gasteiger partial charge in [-0.05, 0) is 44.9 Å². The van der Waals surface area contributed by atoms with E-state index in [1.165, 1.54) is 6.20 Å². The van der Waals surface area contributed by atoms with Gasteiger partial charge in [-0.25, -0.2) is 21.6 Å². The molecule has 0 atom stereocenters. The molecule has 5 rings (SSSR count). The van der Waals surface area contributed by atoms with Crippen LogP contribution in [0.15, 0.2) is 18.3 Å². The SMILES string of the molecule is Cc1c(-c2cc(F)cc3c2cnn3S(C)(=O)=O)c(F)c(F)c2c1-n1c(C)nnc1C(C)(C)N2. The van der Waals surface area contributed by atoms with E-state index < -0.39 is 33.0 Å². The van der Waals surface area contributed by atoms with Crippen LogP contribution in [0.2, 0.25) is 0 Å². The third-order valence-electron chi connectivity index (χ3n) is 5.85. The molecular formula is C21H19F3N6O2S. The van der Waals surface area contributed by atoms with E-state index in [0.717, 1.165) is 18.4 Å². The minimum absolute atomic E-state index is 0.0197. The lowest BCUT2D eigenvalue weighted by atomic mass is 9.91. The first-order valence-electron chi connectivity index (χ1n) is 9.93. The molecule has 2 aromatic carbocycles. The minimum Gasteiger partial charge on any atom is -0.369 e. The molecule has 12 heteroatoms. The normalized spacial score (nSPS) is 14.8. The van der Waals surface area contributed by atoms with Gasteiger partial charge in [0.05, 0.1) is 34.9 Å². The number of aromatic nitrogens is 5. The fourth-order valence-corrected chi connectivity index (χ4v) is 5.18. The maximum absolute atomic E-state index is 15.6. The van der Waals surface area contributed by atoms with Crippen molar-refractivity contribution in [2.75, 3.05) is 11.6 Å². The highest BCUT2D eigenvalue weighted by molar-refractivity contribution is 7.89. The van der Waals surface area contributed by atoms with Crippen molar-refractivity contribution >= 4 is 26.6 Å². The number of nitrogens with zero attached hydrogens (tertiary/aromatic N) is 5. The molecular weight excluding hydrogens is 457 g/mol. The number of fused-ring (bicyclic) bond motifs is 4. The Bertz CT molecular complexity index is 1600. The van der Waals surface area contributed by atoms with Crippen LogP contribution in [-0.4, -0.2) is 38.6 Å². The number of benzene rings is 2. The van der Waals surface area contributed by atoms with E-state index in [0.29, 0.717) is 27.0 Å². The van der Waals surface area contributed by atoms with Gasteiger partial charge in [0.1, 0.15) is 11.6 Å². The molecule has 1 N–H and O–H groups in total. The van der Waals surface area contributed by atoms with Gasteiger partial charge >= 0.3 is 0 Å². The van der Waals surface area contributed by atoms with Crippen molar-refractivity contribution in [3.8, 4) is 16.8 Å². The zero-order chi connectivity index (χ0) is 24.0. The van der Waals surface area contributed by atoms with Gasteiger partial charge in [-0.1, -0.05) is 0 Å². The Hall–Kier alpha value is -3.41. The molecule has 172 valence electrons. The summed E-state index contributed by atoms with van der Waals surface area (Å²) in [6.07, 6.45) is 2.11. The van der Waals surface area contributed by atoms with Gasteiger partial charge in [-0.15, -0.1) is 10.2 Å². The lowest BCUT2D eigenvalue weighted by Crippen LogP contribution is -2.37. The third kappa shape index (κ3) is 2.89. The first-order chi connectivity index (χ1) is 15.3. The van der Waals surface area contributed by atoms with Gasteiger partial charge in [0.15, 0.2) is 17.5 Å². The van der Waals surface area contributed by atoms with E-state index in [1.807, 2.05) is 0 Å². The molecule has 0 amide bonds. The number of hydrogen-bond acceptors (Lipinski definition) is 6. The molecule has 0 saturated carbocycles. The zero-order valence-corrected chi connectivity index (χ0v) is 19.1. The van der Waals surface area contributed by atoms with Crippen molar-refractivity contribution in [1.82, 2.24) is 24.0 Å². The van der Waals surface area contributed by atoms with Crippen LogP contribution in [-0.2, 0) is 15.6 Å². The minimum atomic E-state index is -3.86. The molecule has 0 fully saturated rings. The summed E-state index contributed by atoms with van der Waals surface area (Å²) in [7, 11) is -3.86. The number of anilines is 1. The van der Waals surface area contributed by atoms with E-state index in [1.54, 1.807) is 32.3 Å². The largest absolute Gasteiger partial charge is 0.369 e. The first kappa shape index (κ1) is 21.4. The maximum atomic E-state index is 15.6. The van der Waals surface area contributed by atoms with Crippen molar-refractivity contribution in [1.29, 1.82) is 0 Å². The number of halogens is 3. The maximum Gasteiger partial charge on any atom is 0.251 e. The molecule has 1 aliphatic heterocycles. The number of aryl methyl sites for hydroxylation is 1. The molecule has 8 nitrogen and oxygen atoms in total. The Morgan fingerprint density at radius 2 is 1.76 bits per heavy atom. The Morgan fingerprint density at radius 1 is 1.06 bits per heavy atom. The smallest absolute Gasteiger partial charge is 0.251 e. The molecule has 3 heterocycles. The first-order valence-corrected chi connectivity index (χ1v) is 11.8. The molecule has 0 radical (unpaired) electrons. The van der Waals surface area contributed by atoms with Gasteiger partial charge in [-0.3, -0.25) is 4.57 Å². The molecule has 0 spiro atoms. The summed E-state index contributed by atoms with van der Waals surface area (Å²) in [6, 6.07) is 2.02. The average Bonchev–Trinajstić information content (AvgIpc) is 3.30. The predicted molar refractivity (Wildman–Crippen MR) is 116 cm³/mol. The van der Waals surface area contributed by atoms with E-state index in [-0.39, 0.29) is 27.7 Å². The van der Waals surface area contributed by atoms with Gasteiger partial charge in [0.25, 0.3) is 10.0 Å². The highest BCUT2D eigenvalue weighted by Gasteiger charge is 2.39. The van der Waals surface area contributed by atoms with Crippen LogP contribution in [0.25, 0.3) is 27.7 Å². The van der Waals surface area contributed by atoms with Crippen molar-refractivity contribution in [3.05, 3.63) is 53.0 Å². The summed E-state index contributed by atoms with van der Waals surface area (Å²) in [4.78, 5) is 0. The Balaban J connectivity index is 1.91. The lowest BCUT2D eigenvalue weighted by molar-refractivity contribution is 0.488. The quantitative estimate of drug-likeness (QED) is 0.473. The highest BCUT2D eigenvalue weighted by Crippen LogP contribution is 2.45. The van der Waals surface area contributed by atoms with Crippen LogP contribution in [0.3, 0.4) is 0 Å². The topological polar surface area (TPSA) is 94.7 Å². The number of rotatable bonds is 2. The summed E-state index contributed by atoms with van der Waals surface area (Å²) >= 11 is 0. The van der Waals surface area contributed by atoms with E-state index in [9.17, 15) is 12.8 Å². The third-order valence-corrected chi connectivity index (χ3v) is 6.77. The van der Waals surface area contributed by atoms with E-state index in [2.05, 4.69) is 20.6 Å². The number of nitrogens with one attached hydrogen (secondary N) is 1. The molecule has 0 saturated heterocycles. The monoisotopic (exact) mass is 476 g/mol. The molecule has 33 heavy (non-hydrogen) atoms. The Labute approximate surface area is 187 Å². The molecule has 4 aromatic rings. The van der Waals surface area contributed by atoms with Gasteiger partial charge in [-0.2, -0.15) is 9.19 Å². The van der Waals surface area contributed by atoms with Crippen molar-refractivity contribution in [2.24, 2.45) is 0 Å². The van der Waals surface area contributed by atoms with Crippen molar-refractivity contribution < 1.29 is 21.6 Å². The van der Waals surface area contributed by atoms with Crippen LogP contribution >= 0.6 is 0 Å². The van der Waals surface area contributed by atoms with Crippen LogP contribution in [0.4, 0.5) is 18.9 Å². The highest BCUT2D eigenvalue weighted by atomic mass is 32.2. The summed E-state index contributed by atoms with van der Waals surface area (Å²) in [6.45, 7) is 6.81. The van der Waals surface area contributed by atoms with Crippen LogP contribution in [0.5, 0.6) is 0 Å². The van der Waals surface area contributed by atoms with Gasteiger partial charge in [0, 0.05) is 17.0 Å². The van der Waals surface area contributed by atoms with Crippen LogP contribution < -0.4 is 5.32 Å². The standard InChI is InChI=1S/C21H19F3N6O2S/c1-9-15(12-6-11(22)7-14-13(12)8-25-30(14)33(5,31)32)16(23)17(24)18-19(9)29-10(2)27-28-20(29)21(3,4)26-18/h6-8,26H,1-5H3. The fourth-order valence-electron chi connectivity index (χ4n) is 4.45. The second-order valence-electron chi connectivity index (χ2n) is 8.64. The van der Waals surface area contributed by atoms with E-state index >= 15 is 8.78 Å². The molecule has 1 aliphatic rings. The van der Waals surface area contributed by atoms with Gasteiger partial charge in [0.2, 0.25) is 0 Å². The second kappa shape index (κ2) is 6.56. The fraction of sp³-hybridized carbons (Fsp3) is 0.286. The molecule has 0 aliphatic carbocycles. The summed E-state index contributed by atoms with van der Waals surface area (Å²) in [5, 5.41) is 15.3. The van der Waals surface area contributed by atoms with Crippen molar-refractivity contribution in [2.45, 2.75) is 33.2 Å². The molecule has 2 aromatic heterocycles. The summed E-state index contributed by atoms with van der Waals surface area (Å²) in [5.41, 5.74) is -0.599. The Morgan fingerprint density at radius 3 is 2.42 bits per heavy atom. The van der Waals surface area contributed by atoms with E-state index in [4.69, 9.17) is 0 Å². The van der Waals surface area contributed by atoms with Crippen LogP contribution in [0, 0.1) is 31.3 Å². The predicted octanol–water partition coefficient (Wildman–Crippen LogP) is 3.79. The molecule has 0 bridgehead atoms. The lowest BCUT2D eigenvalue weighted by Gasteiger charge is -2.35.